The van der Waals surface area contributed by atoms with Gasteiger partial charge in [0.05, 0.1) is 0 Å². The second kappa shape index (κ2) is 9.08. The molecule has 0 saturated carbocycles. The zero-order chi connectivity index (χ0) is 18.2. The van der Waals surface area contributed by atoms with Gasteiger partial charge in [-0.05, 0) is 49.7 Å². The Morgan fingerprint density at radius 1 is 1.08 bits per heavy atom. The van der Waals surface area contributed by atoms with Gasteiger partial charge in [0.1, 0.15) is 11.5 Å². The van der Waals surface area contributed by atoms with E-state index in [4.69, 9.17) is 9.47 Å². The highest BCUT2D eigenvalue weighted by molar-refractivity contribution is 9.10. The average Bonchev–Trinajstić information content (AvgIpc) is 2.60. The summed E-state index contributed by atoms with van der Waals surface area (Å²) in [7, 11) is 0. The fourth-order valence-corrected chi connectivity index (χ4v) is 2.17. The molecule has 0 aliphatic carbocycles. The van der Waals surface area contributed by atoms with Gasteiger partial charge >= 0.3 is 0 Å². The van der Waals surface area contributed by atoms with E-state index in [0.29, 0.717) is 11.5 Å². The number of ether oxygens (including phenoxy) is 2. The normalized spacial score (nSPS) is 11.3. The van der Waals surface area contributed by atoms with E-state index in [1.807, 2.05) is 37.3 Å². The van der Waals surface area contributed by atoms with E-state index in [0.717, 1.165) is 10.0 Å². The summed E-state index contributed by atoms with van der Waals surface area (Å²) in [5.41, 5.74) is 5.54. The predicted molar refractivity (Wildman–Crippen MR) is 97.2 cm³/mol. The lowest BCUT2D eigenvalue weighted by atomic mass is 10.2. The number of halogens is 1. The van der Waals surface area contributed by atoms with Crippen LogP contribution in [0.15, 0.2) is 53.0 Å². The largest absolute Gasteiger partial charge is 0.483 e. The fraction of sp³-hybridized carbons (Fsp3) is 0.222. The van der Waals surface area contributed by atoms with Crippen molar-refractivity contribution in [1.82, 2.24) is 10.9 Å². The summed E-state index contributed by atoms with van der Waals surface area (Å²) in [6.45, 7) is 3.27. The van der Waals surface area contributed by atoms with Crippen LogP contribution in [0.1, 0.15) is 12.5 Å². The lowest BCUT2D eigenvalue weighted by Gasteiger charge is -2.15. The molecule has 0 saturated heterocycles. The Hall–Kier alpha value is -2.54. The van der Waals surface area contributed by atoms with Gasteiger partial charge in [-0.2, -0.15) is 0 Å². The first-order chi connectivity index (χ1) is 12.0. The number of para-hydroxylation sites is 1. The lowest BCUT2D eigenvalue weighted by Crippen LogP contribution is -2.48. The van der Waals surface area contributed by atoms with Gasteiger partial charge in [-0.1, -0.05) is 34.1 Å². The molecule has 0 radical (unpaired) electrons. The first kappa shape index (κ1) is 18.8. The third-order valence-corrected chi connectivity index (χ3v) is 3.80. The quantitative estimate of drug-likeness (QED) is 0.723. The summed E-state index contributed by atoms with van der Waals surface area (Å²) in [6, 6.07) is 14.5. The summed E-state index contributed by atoms with van der Waals surface area (Å²) in [5.74, 6) is 0.246. The second-order valence-corrected chi connectivity index (χ2v) is 6.22. The van der Waals surface area contributed by atoms with Crippen LogP contribution in [0, 0.1) is 6.92 Å². The molecule has 0 fully saturated rings. The number of nitrogens with one attached hydrogen (secondary N) is 2. The highest BCUT2D eigenvalue weighted by atomic mass is 79.9. The van der Waals surface area contributed by atoms with Crippen molar-refractivity contribution in [3.63, 3.8) is 0 Å². The van der Waals surface area contributed by atoms with Gasteiger partial charge in [0, 0.05) is 4.47 Å². The Labute approximate surface area is 154 Å². The molecule has 0 heterocycles. The van der Waals surface area contributed by atoms with E-state index in [1.54, 1.807) is 25.1 Å². The first-order valence-electron chi connectivity index (χ1n) is 7.65. The minimum absolute atomic E-state index is 0.201. The molecule has 2 amide bonds. The van der Waals surface area contributed by atoms with Crippen molar-refractivity contribution >= 4 is 27.7 Å². The molecule has 6 nitrogen and oxygen atoms in total. The Morgan fingerprint density at radius 2 is 1.76 bits per heavy atom. The molecule has 0 bridgehead atoms. The van der Waals surface area contributed by atoms with Gasteiger partial charge < -0.3 is 9.47 Å². The number of carbonyl (C=O) groups is 2. The molecular weight excluding hydrogens is 388 g/mol. The molecule has 2 aromatic rings. The molecule has 25 heavy (non-hydrogen) atoms. The van der Waals surface area contributed by atoms with E-state index < -0.39 is 17.9 Å². The van der Waals surface area contributed by atoms with Crippen LogP contribution in [-0.2, 0) is 9.59 Å². The van der Waals surface area contributed by atoms with Crippen LogP contribution in [0.2, 0.25) is 0 Å². The van der Waals surface area contributed by atoms with E-state index in [1.165, 1.54) is 0 Å². The maximum absolute atomic E-state index is 11.9. The third kappa shape index (κ3) is 6.11. The topological polar surface area (TPSA) is 76.7 Å². The van der Waals surface area contributed by atoms with Crippen LogP contribution in [-0.4, -0.2) is 24.5 Å². The van der Waals surface area contributed by atoms with Crippen LogP contribution in [0.25, 0.3) is 0 Å². The van der Waals surface area contributed by atoms with Gasteiger partial charge in [0.25, 0.3) is 11.8 Å². The van der Waals surface area contributed by atoms with Crippen molar-refractivity contribution in [2.75, 3.05) is 6.61 Å². The molecule has 2 aromatic carbocycles. The highest BCUT2D eigenvalue weighted by Crippen LogP contribution is 2.17. The minimum atomic E-state index is -0.765. The molecule has 2 N–H and O–H groups in total. The highest BCUT2D eigenvalue weighted by Gasteiger charge is 2.15. The molecule has 0 spiro atoms. The smallest absolute Gasteiger partial charge is 0.279 e. The SMILES string of the molecule is Cc1ccccc1OCC(=O)NNC(=O)[C@H](C)Oc1ccc(Br)cc1. The van der Waals surface area contributed by atoms with Gasteiger partial charge in [-0.25, -0.2) is 0 Å². The maximum Gasteiger partial charge on any atom is 0.279 e. The Morgan fingerprint density at radius 3 is 2.44 bits per heavy atom. The average molecular weight is 407 g/mol. The van der Waals surface area contributed by atoms with E-state index in [2.05, 4.69) is 26.8 Å². The second-order valence-electron chi connectivity index (χ2n) is 5.31. The molecule has 0 aliphatic heterocycles. The number of carbonyl (C=O) groups excluding carboxylic acids is 2. The number of aryl methyl sites for hydroxylation is 1. The van der Waals surface area contributed by atoms with E-state index >= 15 is 0 Å². The van der Waals surface area contributed by atoms with Crippen LogP contribution < -0.4 is 20.3 Å². The number of benzene rings is 2. The van der Waals surface area contributed by atoms with Crippen LogP contribution in [0.4, 0.5) is 0 Å². The van der Waals surface area contributed by atoms with Crippen molar-refractivity contribution in [3.8, 4) is 11.5 Å². The maximum atomic E-state index is 11.9. The summed E-state index contributed by atoms with van der Waals surface area (Å²) in [5, 5.41) is 0. The van der Waals surface area contributed by atoms with Crippen LogP contribution in [0.5, 0.6) is 11.5 Å². The van der Waals surface area contributed by atoms with Crippen LogP contribution in [0.3, 0.4) is 0 Å². The van der Waals surface area contributed by atoms with Gasteiger partial charge in [0.2, 0.25) is 0 Å². The lowest BCUT2D eigenvalue weighted by molar-refractivity contribution is -0.133. The van der Waals surface area contributed by atoms with E-state index in [-0.39, 0.29) is 6.61 Å². The summed E-state index contributed by atoms with van der Waals surface area (Å²) in [4.78, 5) is 23.7. The molecule has 0 unspecified atom stereocenters. The van der Waals surface area contributed by atoms with Gasteiger partial charge in [0.15, 0.2) is 12.7 Å². The molecule has 1 atom stereocenters. The summed E-state index contributed by atoms with van der Waals surface area (Å²) in [6.07, 6.45) is -0.765. The van der Waals surface area contributed by atoms with Crippen molar-refractivity contribution in [2.24, 2.45) is 0 Å². The number of amides is 2. The number of hydrogen-bond acceptors (Lipinski definition) is 4. The zero-order valence-corrected chi connectivity index (χ0v) is 15.5. The Bertz CT molecular complexity index is 734. The van der Waals surface area contributed by atoms with Gasteiger partial charge in [-0.15, -0.1) is 0 Å². The molecule has 2 rings (SSSR count). The van der Waals surface area contributed by atoms with Crippen LogP contribution >= 0.6 is 15.9 Å². The fourth-order valence-electron chi connectivity index (χ4n) is 1.90. The standard InChI is InChI=1S/C18H19BrN2O4/c1-12-5-3-4-6-16(12)24-11-17(22)20-21-18(23)13(2)25-15-9-7-14(19)8-10-15/h3-10,13H,11H2,1-2H3,(H,20,22)(H,21,23)/t13-/m0/s1. The minimum Gasteiger partial charge on any atom is -0.483 e. The van der Waals surface area contributed by atoms with Crippen molar-refractivity contribution in [3.05, 3.63) is 58.6 Å². The molecule has 7 heteroatoms. The number of rotatable bonds is 6. The van der Waals surface area contributed by atoms with E-state index in [9.17, 15) is 9.59 Å². The number of hydrazine groups is 1. The van der Waals surface area contributed by atoms with Crippen molar-refractivity contribution in [1.29, 1.82) is 0 Å². The summed E-state index contributed by atoms with van der Waals surface area (Å²) >= 11 is 3.32. The van der Waals surface area contributed by atoms with Crippen molar-refractivity contribution < 1.29 is 19.1 Å². The first-order valence-corrected chi connectivity index (χ1v) is 8.44. The monoisotopic (exact) mass is 406 g/mol. The molecule has 0 aliphatic rings. The van der Waals surface area contributed by atoms with Crippen molar-refractivity contribution in [2.45, 2.75) is 20.0 Å². The Balaban J connectivity index is 1.74. The zero-order valence-electron chi connectivity index (χ0n) is 13.9. The van der Waals surface area contributed by atoms with Gasteiger partial charge in [-0.3, -0.25) is 20.4 Å². The molecule has 0 aromatic heterocycles. The third-order valence-electron chi connectivity index (χ3n) is 3.27. The predicted octanol–water partition coefficient (Wildman–Crippen LogP) is 2.75. The molecular formula is C18H19BrN2O4. The Kier molecular flexibility index (Phi) is 6.82. The number of hydrogen-bond donors (Lipinski definition) is 2. The molecule has 132 valence electrons. The summed E-state index contributed by atoms with van der Waals surface area (Å²) < 4.78 is 11.8.